The van der Waals surface area contributed by atoms with Crippen LogP contribution in [0.5, 0.6) is 0 Å². The molecule has 3 aromatic rings. The minimum absolute atomic E-state index is 0.258. The number of H-pyrrole nitrogens is 1. The van der Waals surface area contributed by atoms with Crippen LogP contribution in [0.25, 0.3) is 22.4 Å². The molecule has 0 spiro atoms. The van der Waals surface area contributed by atoms with Gasteiger partial charge in [-0.05, 0) is 36.8 Å². The summed E-state index contributed by atoms with van der Waals surface area (Å²) >= 11 is 3.53. The maximum Gasteiger partial charge on any atom is 0.153 e. The van der Waals surface area contributed by atoms with Crippen molar-refractivity contribution >= 4 is 21.7 Å². The number of halogens is 2. The minimum Gasteiger partial charge on any atom is -0.382 e. The number of nitrogens with one attached hydrogen (secondary N) is 1. The summed E-state index contributed by atoms with van der Waals surface area (Å²) in [5.74, 6) is 0.159. The SMILES string of the molecule is Cc1cc(F)ccc1-c1[nH]nc(N)c1-c1ccccc1Br. The minimum atomic E-state index is -0.258. The number of rotatable bonds is 2. The molecule has 0 aliphatic rings. The summed E-state index contributed by atoms with van der Waals surface area (Å²) in [6.45, 7) is 1.86. The van der Waals surface area contributed by atoms with E-state index in [1.165, 1.54) is 12.1 Å². The lowest BCUT2D eigenvalue weighted by atomic mass is 9.98. The average molecular weight is 346 g/mol. The van der Waals surface area contributed by atoms with E-state index in [2.05, 4.69) is 26.1 Å². The van der Waals surface area contributed by atoms with E-state index >= 15 is 0 Å². The first kappa shape index (κ1) is 13.8. The van der Waals surface area contributed by atoms with E-state index in [-0.39, 0.29) is 5.82 Å². The number of aromatic nitrogens is 2. The first-order valence-corrected chi connectivity index (χ1v) is 7.22. The standard InChI is InChI=1S/C16H13BrFN3/c1-9-8-10(18)6-7-11(9)15-14(16(19)21-20-15)12-4-2-3-5-13(12)17/h2-8H,1H3,(H3,19,20,21). The van der Waals surface area contributed by atoms with Crippen molar-refractivity contribution in [1.82, 2.24) is 10.2 Å². The van der Waals surface area contributed by atoms with Gasteiger partial charge in [0.1, 0.15) is 5.82 Å². The van der Waals surface area contributed by atoms with Crippen LogP contribution < -0.4 is 5.73 Å². The summed E-state index contributed by atoms with van der Waals surface area (Å²) in [5, 5.41) is 7.07. The highest BCUT2D eigenvalue weighted by Crippen LogP contribution is 2.39. The molecule has 5 heteroatoms. The molecule has 106 valence electrons. The number of benzene rings is 2. The fourth-order valence-corrected chi connectivity index (χ4v) is 2.88. The largest absolute Gasteiger partial charge is 0.382 e. The second-order valence-corrected chi connectivity index (χ2v) is 5.65. The molecule has 0 saturated heterocycles. The third-order valence-corrected chi connectivity index (χ3v) is 4.09. The van der Waals surface area contributed by atoms with Crippen LogP contribution in [-0.4, -0.2) is 10.2 Å². The number of nitrogens with zero attached hydrogens (tertiary/aromatic N) is 1. The lowest BCUT2D eigenvalue weighted by Gasteiger charge is -2.09. The molecular formula is C16H13BrFN3. The molecule has 0 atom stereocenters. The molecule has 3 nitrogen and oxygen atoms in total. The second-order valence-electron chi connectivity index (χ2n) is 4.80. The highest BCUT2D eigenvalue weighted by atomic mass is 79.9. The third-order valence-electron chi connectivity index (χ3n) is 3.40. The summed E-state index contributed by atoms with van der Waals surface area (Å²) in [6, 6.07) is 12.5. The van der Waals surface area contributed by atoms with E-state index in [1.54, 1.807) is 6.07 Å². The number of hydrogen-bond acceptors (Lipinski definition) is 2. The molecule has 0 bridgehead atoms. The van der Waals surface area contributed by atoms with Crippen LogP contribution in [0.15, 0.2) is 46.9 Å². The molecule has 1 heterocycles. The fourth-order valence-electron chi connectivity index (χ4n) is 2.40. The predicted molar refractivity (Wildman–Crippen MR) is 86.3 cm³/mol. The quantitative estimate of drug-likeness (QED) is 0.716. The Morgan fingerprint density at radius 3 is 2.62 bits per heavy atom. The van der Waals surface area contributed by atoms with Gasteiger partial charge in [0.2, 0.25) is 0 Å². The van der Waals surface area contributed by atoms with Gasteiger partial charge in [-0.1, -0.05) is 34.1 Å². The fraction of sp³-hybridized carbons (Fsp3) is 0.0625. The van der Waals surface area contributed by atoms with Gasteiger partial charge in [-0.3, -0.25) is 5.10 Å². The van der Waals surface area contributed by atoms with Gasteiger partial charge in [-0.15, -0.1) is 0 Å². The number of hydrogen-bond donors (Lipinski definition) is 2. The van der Waals surface area contributed by atoms with Crippen LogP contribution in [0, 0.1) is 12.7 Å². The highest BCUT2D eigenvalue weighted by Gasteiger charge is 2.18. The van der Waals surface area contributed by atoms with E-state index in [0.717, 1.165) is 32.4 Å². The Labute approximate surface area is 130 Å². The highest BCUT2D eigenvalue weighted by molar-refractivity contribution is 9.10. The molecule has 3 rings (SSSR count). The normalized spacial score (nSPS) is 10.8. The summed E-state index contributed by atoms with van der Waals surface area (Å²) in [7, 11) is 0. The van der Waals surface area contributed by atoms with E-state index in [9.17, 15) is 4.39 Å². The van der Waals surface area contributed by atoms with Gasteiger partial charge in [0.25, 0.3) is 0 Å². The van der Waals surface area contributed by atoms with Gasteiger partial charge in [0, 0.05) is 15.6 Å². The smallest absolute Gasteiger partial charge is 0.153 e. The molecule has 0 amide bonds. The van der Waals surface area contributed by atoms with Crippen molar-refractivity contribution in [2.75, 3.05) is 5.73 Å². The third kappa shape index (κ3) is 2.45. The van der Waals surface area contributed by atoms with Gasteiger partial charge in [-0.25, -0.2) is 4.39 Å². The van der Waals surface area contributed by atoms with Crippen molar-refractivity contribution in [2.45, 2.75) is 6.92 Å². The molecule has 1 aromatic heterocycles. The summed E-state index contributed by atoms with van der Waals surface area (Å²) in [5.41, 5.74) is 10.3. The van der Waals surface area contributed by atoms with E-state index in [1.807, 2.05) is 31.2 Å². The molecule has 0 aliphatic heterocycles. The van der Waals surface area contributed by atoms with Crippen molar-refractivity contribution in [1.29, 1.82) is 0 Å². The topological polar surface area (TPSA) is 54.7 Å². The Hall–Kier alpha value is -2.14. The molecule has 2 aromatic carbocycles. The zero-order valence-electron chi connectivity index (χ0n) is 11.3. The molecule has 0 aliphatic carbocycles. The number of aromatic amines is 1. The van der Waals surface area contributed by atoms with Crippen molar-refractivity contribution in [3.05, 3.63) is 58.3 Å². The summed E-state index contributed by atoms with van der Waals surface area (Å²) < 4.78 is 14.2. The Balaban J connectivity index is 2.25. The van der Waals surface area contributed by atoms with Crippen LogP contribution in [-0.2, 0) is 0 Å². The first-order chi connectivity index (χ1) is 10.1. The van der Waals surface area contributed by atoms with Crippen molar-refractivity contribution in [3.63, 3.8) is 0 Å². The van der Waals surface area contributed by atoms with Crippen LogP contribution in [0.3, 0.4) is 0 Å². The van der Waals surface area contributed by atoms with Crippen LogP contribution >= 0.6 is 15.9 Å². The number of nitrogen functional groups attached to an aromatic ring is 1. The monoisotopic (exact) mass is 345 g/mol. The maximum absolute atomic E-state index is 13.3. The first-order valence-electron chi connectivity index (χ1n) is 6.43. The van der Waals surface area contributed by atoms with Crippen molar-refractivity contribution in [2.24, 2.45) is 0 Å². The van der Waals surface area contributed by atoms with Crippen LogP contribution in [0.1, 0.15) is 5.56 Å². The van der Waals surface area contributed by atoms with Gasteiger partial charge in [0.15, 0.2) is 5.82 Å². The molecule has 0 saturated carbocycles. The molecule has 0 fully saturated rings. The second kappa shape index (κ2) is 5.33. The number of nitrogens with two attached hydrogens (primary N) is 1. The number of aryl methyl sites for hydroxylation is 1. The van der Waals surface area contributed by atoms with Gasteiger partial charge >= 0.3 is 0 Å². The Morgan fingerprint density at radius 2 is 1.90 bits per heavy atom. The lowest BCUT2D eigenvalue weighted by molar-refractivity contribution is 0.627. The average Bonchev–Trinajstić information content (AvgIpc) is 2.81. The zero-order chi connectivity index (χ0) is 15.0. The van der Waals surface area contributed by atoms with Gasteiger partial charge < -0.3 is 5.73 Å². The molecule has 0 unspecified atom stereocenters. The van der Waals surface area contributed by atoms with E-state index in [4.69, 9.17) is 5.73 Å². The maximum atomic E-state index is 13.3. The van der Waals surface area contributed by atoms with E-state index in [0.29, 0.717) is 5.82 Å². The van der Waals surface area contributed by atoms with Crippen LogP contribution in [0.4, 0.5) is 10.2 Å². The Morgan fingerprint density at radius 1 is 1.14 bits per heavy atom. The molecule has 0 radical (unpaired) electrons. The van der Waals surface area contributed by atoms with E-state index < -0.39 is 0 Å². The van der Waals surface area contributed by atoms with Crippen LogP contribution in [0.2, 0.25) is 0 Å². The Bertz CT molecular complexity index is 811. The summed E-state index contributed by atoms with van der Waals surface area (Å²) in [4.78, 5) is 0. The summed E-state index contributed by atoms with van der Waals surface area (Å²) in [6.07, 6.45) is 0. The zero-order valence-corrected chi connectivity index (χ0v) is 12.9. The number of anilines is 1. The lowest BCUT2D eigenvalue weighted by Crippen LogP contribution is -1.91. The molecular weight excluding hydrogens is 333 g/mol. The Kier molecular flexibility index (Phi) is 3.51. The van der Waals surface area contributed by atoms with Crippen molar-refractivity contribution < 1.29 is 4.39 Å². The van der Waals surface area contributed by atoms with Gasteiger partial charge in [-0.2, -0.15) is 5.10 Å². The molecule has 21 heavy (non-hydrogen) atoms. The molecule has 3 N–H and O–H groups in total. The van der Waals surface area contributed by atoms with Gasteiger partial charge in [0.05, 0.1) is 11.3 Å². The van der Waals surface area contributed by atoms with Crippen molar-refractivity contribution in [3.8, 4) is 22.4 Å². The predicted octanol–water partition coefficient (Wildman–Crippen LogP) is 4.54.